The number of nitriles is 1. The van der Waals surface area contributed by atoms with Crippen molar-refractivity contribution in [1.82, 2.24) is 9.80 Å². The number of aliphatic hydroxyl groups is 1. The molecule has 0 radical (unpaired) electrons. The highest BCUT2D eigenvalue weighted by atomic mass is 35.5. The van der Waals surface area contributed by atoms with Crippen LogP contribution in [0.2, 0.25) is 5.02 Å². The Bertz CT molecular complexity index is 826. The number of rotatable bonds is 3. The Morgan fingerprint density at radius 1 is 1.44 bits per heavy atom. The Balaban J connectivity index is 1.90. The number of carboxylic acids is 1. The molecule has 144 valence electrons. The van der Waals surface area contributed by atoms with Crippen LogP contribution in [0, 0.1) is 17.2 Å². The fourth-order valence-electron chi connectivity index (χ4n) is 5.51. The Hall–Kier alpha value is -1.85. The van der Waals surface area contributed by atoms with Gasteiger partial charge in [0.05, 0.1) is 31.7 Å². The van der Waals surface area contributed by atoms with Crippen molar-refractivity contribution in [2.45, 2.75) is 43.1 Å². The Morgan fingerprint density at radius 3 is 2.78 bits per heavy atom. The van der Waals surface area contributed by atoms with E-state index in [9.17, 15) is 20.3 Å². The van der Waals surface area contributed by atoms with Gasteiger partial charge in [0, 0.05) is 28.7 Å². The average Bonchev–Trinajstić information content (AvgIpc) is 2.91. The summed E-state index contributed by atoms with van der Waals surface area (Å²) < 4.78 is 5.51. The van der Waals surface area contributed by atoms with Gasteiger partial charge in [-0.3, -0.25) is 14.6 Å². The van der Waals surface area contributed by atoms with Crippen LogP contribution in [0.5, 0.6) is 5.75 Å². The quantitative estimate of drug-likeness (QED) is 0.801. The normalized spacial score (nSPS) is 35.2. The monoisotopic (exact) mass is 391 g/mol. The zero-order chi connectivity index (χ0) is 19.5. The first kappa shape index (κ1) is 18.5. The van der Waals surface area contributed by atoms with Gasteiger partial charge in [-0.15, -0.1) is 0 Å². The van der Waals surface area contributed by atoms with E-state index in [1.54, 1.807) is 19.2 Å². The fourth-order valence-corrected chi connectivity index (χ4v) is 5.75. The van der Waals surface area contributed by atoms with Crippen molar-refractivity contribution >= 4 is 17.6 Å². The van der Waals surface area contributed by atoms with E-state index in [1.165, 1.54) is 0 Å². The number of aliphatic carboxylic acids is 1. The number of benzene rings is 1. The van der Waals surface area contributed by atoms with Crippen LogP contribution in [0.25, 0.3) is 0 Å². The van der Waals surface area contributed by atoms with Crippen LogP contribution in [0.1, 0.15) is 23.6 Å². The van der Waals surface area contributed by atoms with Crippen LogP contribution in [-0.2, 0) is 11.2 Å². The van der Waals surface area contributed by atoms with Gasteiger partial charge >= 0.3 is 5.97 Å². The van der Waals surface area contributed by atoms with Gasteiger partial charge in [-0.05, 0) is 37.6 Å². The number of carboxylic acid groups (broad SMARTS) is 1. The zero-order valence-electron chi connectivity index (χ0n) is 15.2. The van der Waals surface area contributed by atoms with E-state index in [1.807, 2.05) is 16.8 Å². The first-order valence-corrected chi connectivity index (χ1v) is 9.40. The van der Waals surface area contributed by atoms with Crippen LogP contribution in [0.15, 0.2) is 12.1 Å². The molecule has 4 rings (SSSR count). The standard InChI is InChI=1S/C19H22ClN3O4/c1-22-12-6-10(19(25)26)18(22)13-5-9-11(20)3-4-16(27-2)17(9)15(8-24)23(13)14(12)7-21/h3-4,10,12-15,18,24H,5-6,8H2,1-2H3,(H,25,26)/t10-,12+,13+,14?,15+,18-/m1/s1. The molecule has 0 saturated carbocycles. The number of likely N-dealkylation sites (N-methyl/N-ethyl adjacent to an activating group) is 1. The minimum absolute atomic E-state index is 0.182. The number of halogens is 1. The predicted octanol–water partition coefficient (Wildman–Crippen LogP) is 1.29. The molecule has 27 heavy (non-hydrogen) atoms. The number of hydrogen-bond donors (Lipinski definition) is 2. The SMILES string of the molecule is COc1ccc(Cl)c2c1[C@H](CO)N1C(C#N)[C@@H]3C[C@@H](C(=O)O)[C@H]([C@@H]1C2)N3C. The second kappa shape index (κ2) is 6.64. The first-order chi connectivity index (χ1) is 12.9. The number of nitrogens with zero attached hydrogens (tertiary/aromatic N) is 3. The molecule has 3 heterocycles. The van der Waals surface area contributed by atoms with Crippen LogP contribution in [0.3, 0.4) is 0 Å². The van der Waals surface area contributed by atoms with Crippen molar-refractivity contribution in [1.29, 1.82) is 5.26 Å². The number of aliphatic hydroxyl groups excluding tert-OH is 1. The molecule has 1 aromatic carbocycles. The molecule has 0 aromatic heterocycles. The number of ether oxygens (including phenoxy) is 1. The summed E-state index contributed by atoms with van der Waals surface area (Å²) in [5.41, 5.74) is 1.68. The lowest BCUT2D eigenvalue weighted by atomic mass is 9.80. The third-order valence-corrected chi connectivity index (χ3v) is 6.93. The summed E-state index contributed by atoms with van der Waals surface area (Å²) in [4.78, 5) is 16.0. The molecule has 2 saturated heterocycles. The summed E-state index contributed by atoms with van der Waals surface area (Å²) in [6.45, 7) is -0.195. The third-order valence-electron chi connectivity index (χ3n) is 6.57. The average molecular weight is 392 g/mol. The molecule has 2 fully saturated rings. The van der Waals surface area contributed by atoms with Crippen molar-refractivity contribution < 1.29 is 19.7 Å². The van der Waals surface area contributed by atoms with Crippen LogP contribution in [0.4, 0.5) is 0 Å². The van der Waals surface area contributed by atoms with Gasteiger partial charge in [-0.2, -0.15) is 5.26 Å². The molecule has 0 amide bonds. The van der Waals surface area contributed by atoms with Crippen LogP contribution >= 0.6 is 11.6 Å². The molecule has 3 aliphatic rings. The van der Waals surface area contributed by atoms with Crippen molar-refractivity contribution in [3.8, 4) is 11.8 Å². The highest BCUT2D eigenvalue weighted by Crippen LogP contribution is 2.50. The van der Waals surface area contributed by atoms with Gasteiger partial charge in [0.2, 0.25) is 0 Å². The molecular weight excluding hydrogens is 370 g/mol. The highest BCUT2D eigenvalue weighted by molar-refractivity contribution is 6.31. The molecule has 2 N–H and O–H groups in total. The molecule has 7 nitrogen and oxygen atoms in total. The minimum Gasteiger partial charge on any atom is -0.496 e. The van der Waals surface area contributed by atoms with Crippen molar-refractivity contribution in [2.75, 3.05) is 20.8 Å². The molecule has 1 unspecified atom stereocenters. The van der Waals surface area contributed by atoms with E-state index in [0.717, 1.165) is 11.1 Å². The van der Waals surface area contributed by atoms with Crippen molar-refractivity contribution in [3.05, 3.63) is 28.3 Å². The van der Waals surface area contributed by atoms with Crippen LogP contribution in [-0.4, -0.2) is 70.9 Å². The number of piperazine rings is 1. The van der Waals surface area contributed by atoms with Gasteiger partial charge in [0.15, 0.2) is 0 Å². The maximum Gasteiger partial charge on any atom is 0.308 e. The molecule has 1 aromatic rings. The fraction of sp³-hybridized carbons (Fsp3) is 0.579. The minimum atomic E-state index is -0.837. The van der Waals surface area contributed by atoms with E-state index in [4.69, 9.17) is 16.3 Å². The topological polar surface area (TPSA) is 97.0 Å². The molecule has 2 bridgehead atoms. The van der Waals surface area contributed by atoms with E-state index < -0.39 is 24.0 Å². The lowest BCUT2D eigenvalue weighted by Crippen LogP contribution is -2.67. The van der Waals surface area contributed by atoms with Gasteiger partial charge in [0.25, 0.3) is 0 Å². The van der Waals surface area contributed by atoms with Gasteiger partial charge in [0.1, 0.15) is 11.8 Å². The van der Waals surface area contributed by atoms with E-state index in [2.05, 4.69) is 6.07 Å². The van der Waals surface area contributed by atoms with Crippen molar-refractivity contribution in [2.24, 2.45) is 5.92 Å². The summed E-state index contributed by atoms with van der Waals surface area (Å²) in [6, 6.07) is 4.32. The van der Waals surface area contributed by atoms with Gasteiger partial charge in [-0.1, -0.05) is 11.6 Å². The second-order valence-electron chi connectivity index (χ2n) is 7.54. The van der Waals surface area contributed by atoms with Crippen molar-refractivity contribution in [3.63, 3.8) is 0 Å². The predicted molar refractivity (Wildman–Crippen MR) is 97.6 cm³/mol. The smallest absolute Gasteiger partial charge is 0.308 e. The summed E-state index contributed by atoms with van der Waals surface area (Å²) in [7, 11) is 3.47. The summed E-state index contributed by atoms with van der Waals surface area (Å²) in [6.07, 6.45) is 0.951. The van der Waals surface area contributed by atoms with Gasteiger partial charge in [-0.25, -0.2) is 0 Å². The van der Waals surface area contributed by atoms with E-state index in [-0.39, 0.29) is 24.7 Å². The zero-order valence-corrected chi connectivity index (χ0v) is 15.9. The Labute approximate surface area is 162 Å². The number of carbonyl (C=O) groups is 1. The Morgan fingerprint density at radius 2 is 2.19 bits per heavy atom. The largest absolute Gasteiger partial charge is 0.496 e. The molecule has 0 spiro atoms. The Kier molecular flexibility index (Phi) is 4.55. The first-order valence-electron chi connectivity index (χ1n) is 9.02. The highest BCUT2D eigenvalue weighted by Gasteiger charge is 2.59. The maximum atomic E-state index is 11.9. The maximum absolute atomic E-state index is 11.9. The van der Waals surface area contributed by atoms with Crippen LogP contribution < -0.4 is 4.74 Å². The number of hydrogen-bond acceptors (Lipinski definition) is 6. The lowest BCUT2D eigenvalue weighted by molar-refractivity contribution is -0.144. The molecule has 3 aliphatic heterocycles. The van der Waals surface area contributed by atoms with Gasteiger partial charge < -0.3 is 14.9 Å². The lowest BCUT2D eigenvalue weighted by Gasteiger charge is -2.54. The summed E-state index contributed by atoms with van der Waals surface area (Å²) in [5, 5.41) is 30.5. The number of methoxy groups -OCH3 is 1. The third kappa shape index (κ3) is 2.48. The molecular formula is C19H22ClN3O4. The summed E-state index contributed by atoms with van der Waals surface area (Å²) in [5.74, 6) is -0.753. The number of fused-ring (bicyclic) bond motifs is 5. The molecule has 8 heteroatoms. The summed E-state index contributed by atoms with van der Waals surface area (Å²) >= 11 is 6.48. The molecule has 6 atom stereocenters. The van der Waals surface area contributed by atoms with E-state index >= 15 is 0 Å². The molecule has 0 aliphatic carbocycles. The second-order valence-corrected chi connectivity index (χ2v) is 7.94. The van der Waals surface area contributed by atoms with E-state index in [0.29, 0.717) is 23.6 Å².